The van der Waals surface area contributed by atoms with E-state index in [0.29, 0.717) is 11.6 Å². The average Bonchev–Trinajstić information content (AvgIpc) is 2.47. The number of nitrogens with zero attached hydrogens (tertiary/aromatic N) is 3. The standard InChI is InChI=1S/C16H28N4O/c1-5-9-20(10-6-2)16(21)14-11-19-15(12-18-14)17-8-7-13(3)4/h11-13H,5-10H2,1-4H3,(H,17,19). The van der Waals surface area contributed by atoms with Crippen molar-refractivity contribution in [3.63, 3.8) is 0 Å². The fourth-order valence-corrected chi connectivity index (χ4v) is 2.04. The van der Waals surface area contributed by atoms with Crippen molar-refractivity contribution in [3.8, 4) is 0 Å². The summed E-state index contributed by atoms with van der Waals surface area (Å²) < 4.78 is 0. The quantitative estimate of drug-likeness (QED) is 0.759. The fraction of sp³-hybridized carbons (Fsp3) is 0.688. The van der Waals surface area contributed by atoms with E-state index in [2.05, 4.69) is 43.0 Å². The number of carbonyl (C=O) groups is 1. The zero-order chi connectivity index (χ0) is 15.7. The third-order valence-corrected chi connectivity index (χ3v) is 3.17. The molecule has 0 aliphatic rings. The third-order valence-electron chi connectivity index (χ3n) is 3.17. The van der Waals surface area contributed by atoms with E-state index in [0.717, 1.165) is 44.7 Å². The molecule has 1 N–H and O–H groups in total. The van der Waals surface area contributed by atoms with Crippen molar-refractivity contribution in [1.29, 1.82) is 0 Å². The number of rotatable bonds is 9. The van der Waals surface area contributed by atoms with Crippen LogP contribution in [0.15, 0.2) is 12.4 Å². The van der Waals surface area contributed by atoms with Gasteiger partial charge in [-0.1, -0.05) is 27.7 Å². The van der Waals surface area contributed by atoms with Crippen molar-refractivity contribution in [3.05, 3.63) is 18.1 Å². The van der Waals surface area contributed by atoms with E-state index in [1.807, 2.05) is 4.90 Å². The topological polar surface area (TPSA) is 58.1 Å². The van der Waals surface area contributed by atoms with Gasteiger partial charge in [-0.05, 0) is 25.2 Å². The first-order valence-corrected chi connectivity index (χ1v) is 7.93. The minimum absolute atomic E-state index is 0.0278. The summed E-state index contributed by atoms with van der Waals surface area (Å²) in [7, 11) is 0. The van der Waals surface area contributed by atoms with Crippen LogP contribution >= 0.6 is 0 Å². The maximum absolute atomic E-state index is 12.3. The summed E-state index contributed by atoms with van der Waals surface area (Å²) in [5.41, 5.74) is 0.423. The Morgan fingerprint density at radius 1 is 1.19 bits per heavy atom. The van der Waals surface area contributed by atoms with Gasteiger partial charge in [0.05, 0.1) is 12.4 Å². The molecule has 118 valence electrons. The highest BCUT2D eigenvalue weighted by Gasteiger charge is 2.15. The lowest BCUT2D eigenvalue weighted by Gasteiger charge is -2.20. The summed E-state index contributed by atoms with van der Waals surface area (Å²) >= 11 is 0. The second-order valence-corrected chi connectivity index (χ2v) is 5.69. The number of anilines is 1. The molecule has 1 aromatic rings. The Balaban J connectivity index is 2.61. The zero-order valence-corrected chi connectivity index (χ0v) is 13.7. The molecule has 0 saturated carbocycles. The van der Waals surface area contributed by atoms with E-state index < -0.39 is 0 Å². The van der Waals surface area contributed by atoms with Gasteiger partial charge >= 0.3 is 0 Å². The van der Waals surface area contributed by atoms with E-state index in [1.165, 1.54) is 0 Å². The largest absolute Gasteiger partial charge is 0.369 e. The second kappa shape index (κ2) is 9.32. The first kappa shape index (κ1) is 17.4. The predicted octanol–water partition coefficient (Wildman–Crippen LogP) is 3.20. The van der Waals surface area contributed by atoms with Crippen molar-refractivity contribution >= 4 is 11.7 Å². The SMILES string of the molecule is CCCN(CCC)C(=O)c1cnc(NCCC(C)C)cn1. The molecule has 0 radical (unpaired) electrons. The molecule has 1 aromatic heterocycles. The molecular formula is C16H28N4O. The van der Waals surface area contributed by atoms with Crippen LogP contribution in [0, 0.1) is 5.92 Å². The van der Waals surface area contributed by atoms with E-state index in [1.54, 1.807) is 12.4 Å². The maximum Gasteiger partial charge on any atom is 0.274 e. The van der Waals surface area contributed by atoms with Gasteiger partial charge in [0, 0.05) is 19.6 Å². The Labute approximate surface area is 128 Å². The summed E-state index contributed by atoms with van der Waals surface area (Å²) in [5.74, 6) is 1.35. The molecule has 0 saturated heterocycles. The van der Waals surface area contributed by atoms with Gasteiger partial charge in [0.15, 0.2) is 0 Å². The lowest BCUT2D eigenvalue weighted by Crippen LogP contribution is -2.33. The molecule has 0 bridgehead atoms. The Hall–Kier alpha value is -1.65. The zero-order valence-electron chi connectivity index (χ0n) is 13.7. The summed E-state index contributed by atoms with van der Waals surface area (Å²) in [6, 6.07) is 0. The fourth-order valence-electron chi connectivity index (χ4n) is 2.04. The molecule has 0 aromatic carbocycles. The molecule has 21 heavy (non-hydrogen) atoms. The van der Waals surface area contributed by atoms with Crippen molar-refractivity contribution < 1.29 is 4.79 Å². The van der Waals surface area contributed by atoms with Crippen LogP contribution in [0.2, 0.25) is 0 Å². The van der Waals surface area contributed by atoms with Crippen LogP contribution in [0.25, 0.3) is 0 Å². The van der Waals surface area contributed by atoms with Crippen LogP contribution < -0.4 is 5.32 Å². The predicted molar refractivity (Wildman–Crippen MR) is 86.5 cm³/mol. The molecule has 1 rings (SSSR count). The Kier molecular flexibility index (Phi) is 7.72. The number of nitrogens with one attached hydrogen (secondary N) is 1. The lowest BCUT2D eigenvalue weighted by molar-refractivity contribution is 0.0749. The number of hydrogen-bond acceptors (Lipinski definition) is 4. The highest BCUT2D eigenvalue weighted by Crippen LogP contribution is 2.07. The van der Waals surface area contributed by atoms with Gasteiger partial charge in [0.2, 0.25) is 0 Å². The summed E-state index contributed by atoms with van der Waals surface area (Å²) in [6.45, 7) is 10.9. The minimum Gasteiger partial charge on any atom is -0.369 e. The van der Waals surface area contributed by atoms with E-state index in [4.69, 9.17) is 0 Å². The van der Waals surface area contributed by atoms with Gasteiger partial charge in [-0.3, -0.25) is 4.79 Å². The van der Waals surface area contributed by atoms with Crippen LogP contribution in [-0.2, 0) is 0 Å². The average molecular weight is 292 g/mol. The van der Waals surface area contributed by atoms with E-state index in [9.17, 15) is 4.79 Å². The summed E-state index contributed by atoms with van der Waals surface area (Å²) in [6.07, 6.45) is 6.20. The molecule has 5 nitrogen and oxygen atoms in total. The number of hydrogen-bond donors (Lipinski definition) is 1. The highest BCUT2D eigenvalue weighted by molar-refractivity contribution is 5.92. The van der Waals surface area contributed by atoms with Gasteiger partial charge in [-0.25, -0.2) is 9.97 Å². The molecule has 0 unspecified atom stereocenters. The van der Waals surface area contributed by atoms with Crippen LogP contribution in [0.4, 0.5) is 5.82 Å². The summed E-state index contributed by atoms with van der Waals surface area (Å²) in [5, 5.41) is 3.22. The van der Waals surface area contributed by atoms with Crippen molar-refractivity contribution in [2.75, 3.05) is 25.0 Å². The molecule has 1 heterocycles. The van der Waals surface area contributed by atoms with Crippen molar-refractivity contribution in [1.82, 2.24) is 14.9 Å². The molecule has 0 fully saturated rings. The number of amides is 1. The number of carbonyl (C=O) groups excluding carboxylic acids is 1. The molecule has 0 aliphatic carbocycles. The summed E-state index contributed by atoms with van der Waals surface area (Å²) in [4.78, 5) is 22.7. The minimum atomic E-state index is -0.0278. The second-order valence-electron chi connectivity index (χ2n) is 5.69. The van der Waals surface area contributed by atoms with Crippen molar-refractivity contribution in [2.45, 2.75) is 47.0 Å². The van der Waals surface area contributed by atoms with Gasteiger partial charge in [-0.15, -0.1) is 0 Å². The molecule has 0 spiro atoms. The Morgan fingerprint density at radius 2 is 1.86 bits per heavy atom. The van der Waals surface area contributed by atoms with Crippen LogP contribution in [-0.4, -0.2) is 40.4 Å². The van der Waals surface area contributed by atoms with Crippen LogP contribution in [0.3, 0.4) is 0 Å². The first-order chi connectivity index (χ1) is 10.1. The lowest BCUT2D eigenvalue weighted by atomic mass is 10.1. The van der Waals surface area contributed by atoms with E-state index in [-0.39, 0.29) is 5.91 Å². The molecule has 0 aliphatic heterocycles. The highest BCUT2D eigenvalue weighted by atomic mass is 16.2. The normalized spacial score (nSPS) is 10.7. The smallest absolute Gasteiger partial charge is 0.274 e. The van der Waals surface area contributed by atoms with Crippen LogP contribution in [0.5, 0.6) is 0 Å². The van der Waals surface area contributed by atoms with Crippen molar-refractivity contribution in [2.24, 2.45) is 5.92 Å². The molecule has 0 atom stereocenters. The molecule has 1 amide bonds. The Bertz CT molecular complexity index is 411. The maximum atomic E-state index is 12.3. The van der Waals surface area contributed by atoms with E-state index >= 15 is 0 Å². The molecular weight excluding hydrogens is 264 g/mol. The van der Waals surface area contributed by atoms with Gasteiger partial charge in [-0.2, -0.15) is 0 Å². The Morgan fingerprint density at radius 3 is 2.33 bits per heavy atom. The van der Waals surface area contributed by atoms with Gasteiger partial charge < -0.3 is 10.2 Å². The third kappa shape index (κ3) is 6.10. The number of aromatic nitrogens is 2. The van der Waals surface area contributed by atoms with Gasteiger partial charge in [0.1, 0.15) is 11.5 Å². The monoisotopic (exact) mass is 292 g/mol. The first-order valence-electron chi connectivity index (χ1n) is 7.93. The van der Waals surface area contributed by atoms with Crippen LogP contribution in [0.1, 0.15) is 57.4 Å². The van der Waals surface area contributed by atoms with Gasteiger partial charge in [0.25, 0.3) is 5.91 Å². The molecule has 5 heteroatoms.